The summed E-state index contributed by atoms with van der Waals surface area (Å²) in [4.78, 5) is 22.0. The summed E-state index contributed by atoms with van der Waals surface area (Å²) in [6.07, 6.45) is -3.37. The molecule has 0 aliphatic carbocycles. The van der Waals surface area contributed by atoms with E-state index in [0.29, 0.717) is 26.2 Å². The number of rotatable bonds is 10. The quantitative estimate of drug-likeness (QED) is 0.570. The Morgan fingerprint density at radius 1 is 1.17 bits per heavy atom. The van der Waals surface area contributed by atoms with Gasteiger partial charge < -0.3 is 24.8 Å². The average Bonchev–Trinajstić information content (AvgIpc) is 3.15. The van der Waals surface area contributed by atoms with Crippen LogP contribution in [-0.2, 0) is 19.1 Å². The molecule has 10 heteroatoms. The number of nitrogens with one attached hydrogen (secondary N) is 2. The van der Waals surface area contributed by atoms with E-state index < -0.39 is 30.8 Å². The van der Waals surface area contributed by atoms with Gasteiger partial charge in [-0.1, -0.05) is 12.1 Å². The van der Waals surface area contributed by atoms with Crippen molar-refractivity contribution in [3.8, 4) is 5.75 Å². The van der Waals surface area contributed by atoms with Crippen LogP contribution in [0, 0.1) is 0 Å². The molecule has 2 unspecified atom stereocenters. The monoisotopic (exact) mass is 418 g/mol. The van der Waals surface area contributed by atoms with Crippen LogP contribution < -0.4 is 15.4 Å². The highest BCUT2D eigenvalue weighted by atomic mass is 19.4. The number of amides is 2. The minimum Gasteiger partial charge on any atom is -0.494 e. The predicted molar refractivity (Wildman–Crippen MR) is 97.1 cm³/mol. The Bertz CT molecular complexity index is 667. The lowest BCUT2D eigenvalue weighted by Gasteiger charge is -2.12. The van der Waals surface area contributed by atoms with Gasteiger partial charge in [-0.3, -0.25) is 9.59 Å². The summed E-state index contributed by atoms with van der Waals surface area (Å²) in [5.74, 6) is -2.02. The molecule has 1 saturated heterocycles. The Kier molecular flexibility index (Phi) is 8.71. The van der Waals surface area contributed by atoms with Crippen molar-refractivity contribution >= 4 is 11.8 Å². The van der Waals surface area contributed by atoms with Gasteiger partial charge in [-0.05, 0) is 38.3 Å². The lowest BCUT2D eigenvalue weighted by molar-refractivity contribution is -0.173. The molecule has 0 radical (unpaired) electrons. The van der Waals surface area contributed by atoms with Crippen LogP contribution in [0.25, 0.3) is 0 Å². The molecule has 0 aromatic heterocycles. The number of hydrogen-bond donors (Lipinski definition) is 2. The van der Waals surface area contributed by atoms with Gasteiger partial charge in [0.05, 0.1) is 25.9 Å². The Labute approximate surface area is 166 Å². The van der Waals surface area contributed by atoms with Crippen molar-refractivity contribution in [2.45, 2.75) is 44.8 Å². The zero-order valence-electron chi connectivity index (χ0n) is 16.1. The van der Waals surface area contributed by atoms with Gasteiger partial charge >= 0.3 is 12.1 Å². The number of ether oxygens (including phenoxy) is 3. The van der Waals surface area contributed by atoms with Gasteiger partial charge in [0.1, 0.15) is 5.75 Å². The number of halogens is 3. The fraction of sp³-hybridized carbons (Fsp3) is 0.579. The third-order valence-electron chi connectivity index (χ3n) is 4.15. The maximum absolute atomic E-state index is 12.0. The summed E-state index contributed by atoms with van der Waals surface area (Å²) >= 11 is 0. The molecule has 2 amide bonds. The fourth-order valence-electron chi connectivity index (χ4n) is 2.71. The molecular formula is C19H25F3N2O5. The van der Waals surface area contributed by atoms with Crippen molar-refractivity contribution < 1.29 is 37.0 Å². The summed E-state index contributed by atoms with van der Waals surface area (Å²) in [6, 6.07) is 7.51. The van der Waals surface area contributed by atoms with E-state index >= 15 is 0 Å². The Balaban J connectivity index is 1.57. The third kappa shape index (κ3) is 7.90. The van der Waals surface area contributed by atoms with Crippen LogP contribution >= 0.6 is 0 Å². The first-order valence-electron chi connectivity index (χ1n) is 9.41. The largest absolute Gasteiger partial charge is 0.494 e. The molecule has 1 aliphatic heterocycles. The molecule has 1 heterocycles. The standard InChI is InChI=1S/C19H25F3N2O5/c1-2-27-14-8-6-13(7-9-14)17-28-12-15(29-17)5-3-4-10-23-16(25)11-24-18(26)19(20,21)22/h6-9,15,17H,2-5,10-12H2,1H3,(H,23,25)(H,24,26). The van der Waals surface area contributed by atoms with Crippen LogP contribution in [0.1, 0.15) is 38.0 Å². The van der Waals surface area contributed by atoms with Crippen molar-refractivity contribution in [3.63, 3.8) is 0 Å². The molecule has 7 nitrogen and oxygen atoms in total. The molecule has 2 rings (SSSR count). The number of alkyl halides is 3. The highest BCUT2D eigenvalue weighted by Crippen LogP contribution is 2.30. The van der Waals surface area contributed by atoms with Crippen LogP contribution in [0.5, 0.6) is 5.75 Å². The SMILES string of the molecule is CCOc1ccc(C2OCC(CCCCNC(=O)CNC(=O)C(F)(F)F)O2)cc1. The smallest absolute Gasteiger partial charge is 0.471 e. The minimum atomic E-state index is -4.99. The molecule has 1 aromatic carbocycles. The van der Waals surface area contributed by atoms with Crippen LogP contribution in [0.4, 0.5) is 13.2 Å². The van der Waals surface area contributed by atoms with E-state index in [1.54, 1.807) is 0 Å². The zero-order valence-corrected chi connectivity index (χ0v) is 16.1. The number of hydrogen-bond acceptors (Lipinski definition) is 5. The second kappa shape index (κ2) is 11.0. The molecule has 2 N–H and O–H groups in total. The normalized spacial score (nSPS) is 19.0. The number of benzene rings is 1. The lowest BCUT2D eigenvalue weighted by atomic mass is 10.1. The molecule has 162 valence electrons. The van der Waals surface area contributed by atoms with Crippen LogP contribution in [-0.4, -0.2) is 50.4 Å². The first-order chi connectivity index (χ1) is 13.8. The van der Waals surface area contributed by atoms with Gasteiger partial charge in [0, 0.05) is 12.1 Å². The number of carbonyl (C=O) groups is 2. The summed E-state index contributed by atoms with van der Waals surface area (Å²) in [7, 11) is 0. The van der Waals surface area contributed by atoms with E-state index in [1.807, 2.05) is 31.2 Å². The average molecular weight is 418 g/mol. The minimum absolute atomic E-state index is 0.0617. The second-order valence-electron chi connectivity index (χ2n) is 6.45. The summed E-state index contributed by atoms with van der Waals surface area (Å²) < 4.78 is 53.0. The maximum atomic E-state index is 12.0. The highest BCUT2D eigenvalue weighted by Gasteiger charge is 2.38. The molecule has 0 spiro atoms. The van der Waals surface area contributed by atoms with Gasteiger partial charge in [0.2, 0.25) is 5.91 Å². The van der Waals surface area contributed by atoms with Crippen molar-refractivity contribution in [2.24, 2.45) is 0 Å². The molecule has 1 aromatic rings. The van der Waals surface area contributed by atoms with Crippen LogP contribution in [0.15, 0.2) is 24.3 Å². The Hall–Kier alpha value is -2.33. The first-order valence-corrected chi connectivity index (χ1v) is 9.41. The molecule has 0 saturated carbocycles. The summed E-state index contributed by atoms with van der Waals surface area (Å²) in [5, 5.41) is 3.98. The maximum Gasteiger partial charge on any atom is 0.471 e. The Morgan fingerprint density at radius 3 is 2.55 bits per heavy atom. The van der Waals surface area contributed by atoms with Crippen molar-refractivity contribution in [3.05, 3.63) is 29.8 Å². The third-order valence-corrected chi connectivity index (χ3v) is 4.15. The fourth-order valence-corrected chi connectivity index (χ4v) is 2.71. The van der Waals surface area contributed by atoms with Gasteiger partial charge in [0.15, 0.2) is 6.29 Å². The van der Waals surface area contributed by atoms with E-state index in [9.17, 15) is 22.8 Å². The molecule has 1 aliphatic rings. The summed E-state index contributed by atoms with van der Waals surface area (Å²) in [5.41, 5.74) is 0.907. The van der Waals surface area contributed by atoms with Crippen molar-refractivity contribution in [2.75, 3.05) is 26.3 Å². The van der Waals surface area contributed by atoms with Gasteiger partial charge in [-0.2, -0.15) is 13.2 Å². The van der Waals surface area contributed by atoms with Crippen molar-refractivity contribution in [1.29, 1.82) is 0 Å². The van der Waals surface area contributed by atoms with Gasteiger partial charge in [-0.25, -0.2) is 0 Å². The van der Waals surface area contributed by atoms with Gasteiger partial charge in [-0.15, -0.1) is 0 Å². The molecule has 29 heavy (non-hydrogen) atoms. The van der Waals surface area contributed by atoms with E-state index in [2.05, 4.69) is 5.32 Å². The van der Waals surface area contributed by atoms with E-state index in [4.69, 9.17) is 14.2 Å². The number of carbonyl (C=O) groups excluding carboxylic acids is 2. The number of unbranched alkanes of at least 4 members (excludes halogenated alkanes) is 1. The highest BCUT2D eigenvalue weighted by molar-refractivity contribution is 5.87. The van der Waals surface area contributed by atoms with E-state index in [0.717, 1.165) is 24.2 Å². The molecule has 1 fully saturated rings. The van der Waals surface area contributed by atoms with Crippen LogP contribution in [0.2, 0.25) is 0 Å². The van der Waals surface area contributed by atoms with E-state index in [1.165, 1.54) is 5.32 Å². The zero-order chi connectivity index (χ0) is 21.3. The van der Waals surface area contributed by atoms with Crippen molar-refractivity contribution in [1.82, 2.24) is 10.6 Å². The first kappa shape index (κ1) is 23.0. The second-order valence-corrected chi connectivity index (χ2v) is 6.45. The molecule has 0 bridgehead atoms. The molecule has 2 atom stereocenters. The topological polar surface area (TPSA) is 85.9 Å². The summed E-state index contributed by atoms with van der Waals surface area (Å²) in [6.45, 7) is 2.57. The molecular weight excluding hydrogens is 393 g/mol. The predicted octanol–water partition coefficient (Wildman–Crippen LogP) is 2.46. The van der Waals surface area contributed by atoms with Gasteiger partial charge in [0.25, 0.3) is 0 Å². The lowest BCUT2D eigenvalue weighted by Crippen LogP contribution is -2.43. The van der Waals surface area contributed by atoms with Crippen LogP contribution in [0.3, 0.4) is 0 Å². The van der Waals surface area contributed by atoms with E-state index in [-0.39, 0.29) is 6.10 Å². The Morgan fingerprint density at radius 2 is 1.90 bits per heavy atom.